The van der Waals surface area contributed by atoms with Gasteiger partial charge in [-0.05, 0) is 20.8 Å². The average Bonchev–Trinajstić information content (AvgIpc) is 3.12. The lowest BCUT2D eigenvalue weighted by molar-refractivity contribution is 0.570. The van der Waals surface area contributed by atoms with E-state index in [4.69, 9.17) is 4.98 Å². The number of thiazole rings is 2. The molecule has 0 saturated heterocycles. The largest absolute Gasteiger partial charge is 0.357 e. The van der Waals surface area contributed by atoms with Crippen LogP contribution in [0, 0.1) is 13.8 Å². The van der Waals surface area contributed by atoms with Crippen LogP contribution >= 0.6 is 22.7 Å². The molecule has 2 rings (SSSR count). The first-order valence-electron chi connectivity index (χ1n) is 8.69. The van der Waals surface area contributed by atoms with Crippen LogP contribution in [0.1, 0.15) is 54.0 Å². The molecule has 5 nitrogen and oxygen atoms in total. The van der Waals surface area contributed by atoms with E-state index in [1.54, 1.807) is 22.7 Å². The number of nitrogens with one attached hydrogen (secondary N) is 2. The Morgan fingerprint density at radius 1 is 1.16 bits per heavy atom. The Morgan fingerprint density at radius 2 is 1.92 bits per heavy atom. The number of aromatic nitrogens is 2. The van der Waals surface area contributed by atoms with Gasteiger partial charge in [-0.3, -0.25) is 0 Å². The van der Waals surface area contributed by atoms with Gasteiger partial charge < -0.3 is 10.6 Å². The third-order valence-electron chi connectivity index (χ3n) is 3.74. The molecule has 0 amide bonds. The number of aliphatic imine (C=N–C) groups is 1. The van der Waals surface area contributed by atoms with Crippen molar-refractivity contribution in [2.75, 3.05) is 13.1 Å². The van der Waals surface area contributed by atoms with E-state index in [0.717, 1.165) is 36.2 Å². The molecule has 0 radical (unpaired) electrons. The summed E-state index contributed by atoms with van der Waals surface area (Å²) in [6.07, 6.45) is 0.903. The molecule has 0 bridgehead atoms. The van der Waals surface area contributed by atoms with E-state index in [9.17, 15) is 0 Å². The Morgan fingerprint density at radius 3 is 2.48 bits per heavy atom. The van der Waals surface area contributed by atoms with E-state index >= 15 is 0 Å². The van der Waals surface area contributed by atoms with Crippen LogP contribution in [0.5, 0.6) is 0 Å². The van der Waals surface area contributed by atoms with E-state index in [1.165, 1.54) is 15.6 Å². The quantitative estimate of drug-likeness (QED) is 0.592. The van der Waals surface area contributed by atoms with Crippen LogP contribution in [0.3, 0.4) is 0 Å². The van der Waals surface area contributed by atoms with Gasteiger partial charge in [0, 0.05) is 35.2 Å². The van der Waals surface area contributed by atoms with E-state index in [2.05, 4.69) is 60.6 Å². The molecule has 0 saturated carbocycles. The minimum atomic E-state index is 0.114. The van der Waals surface area contributed by atoms with Crippen LogP contribution < -0.4 is 10.6 Å². The van der Waals surface area contributed by atoms with Crippen molar-refractivity contribution in [3.8, 4) is 0 Å². The molecule has 0 aliphatic carbocycles. The van der Waals surface area contributed by atoms with Crippen LogP contribution in [0.25, 0.3) is 0 Å². The van der Waals surface area contributed by atoms with Gasteiger partial charge in [-0.2, -0.15) is 0 Å². The molecule has 0 aliphatic heterocycles. The maximum Gasteiger partial charge on any atom is 0.191 e. The predicted octanol–water partition coefficient (Wildman–Crippen LogP) is 3.81. The molecule has 138 valence electrons. The van der Waals surface area contributed by atoms with Gasteiger partial charge in [0.15, 0.2) is 5.96 Å². The van der Waals surface area contributed by atoms with Gasteiger partial charge in [-0.1, -0.05) is 20.8 Å². The second-order valence-electron chi connectivity index (χ2n) is 7.00. The van der Waals surface area contributed by atoms with Gasteiger partial charge in [0.25, 0.3) is 0 Å². The standard InChI is InChI=1S/C18H29N5S2/c1-7-19-17(21-10-16-22-12(2)13(3)25-16)20-9-8-15-23-14(11-24-15)18(4,5)6/h11H,7-10H2,1-6H3,(H2,19,20,21). The molecule has 0 spiro atoms. The average molecular weight is 380 g/mol. The molecule has 25 heavy (non-hydrogen) atoms. The summed E-state index contributed by atoms with van der Waals surface area (Å²) >= 11 is 3.45. The molecule has 7 heteroatoms. The number of aryl methyl sites for hydroxylation is 2. The van der Waals surface area contributed by atoms with Crippen LogP contribution in [0.4, 0.5) is 0 Å². The van der Waals surface area contributed by atoms with E-state index < -0.39 is 0 Å². The lowest BCUT2D eigenvalue weighted by Crippen LogP contribution is -2.38. The topological polar surface area (TPSA) is 62.2 Å². The third-order valence-corrected chi connectivity index (χ3v) is 5.71. The molecule has 0 fully saturated rings. The van der Waals surface area contributed by atoms with Crippen molar-refractivity contribution >= 4 is 28.6 Å². The predicted molar refractivity (Wildman–Crippen MR) is 109 cm³/mol. The highest BCUT2D eigenvalue weighted by molar-refractivity contribution is 7.11. The minimum Gasteiger partial charge on any atom is -0.357 e. The summed E-state index contributed by atoms with van der Waals surface area (Å²) in [5.41, 5.74) is 2.39. The van der Waals surface area contributed by atoms with Gasteiger partial charge in [-0.15, -0.1) is 22.7 Å². The second-order valence-corrected chi connectivity index (χ2v) is 9.23. The molecule has 0 aliphatic rings. The lowest BCUT2D eigenvalue weighted by atomic mass is 9.93. The third kappa shape index (κ3) is 6.08. The van der Waals surface area contributed by atoms with Crippen molar-refractivity contribution in [3.05, 3.63) is 31.7 Å². The fourth-order valence-corrected chi connectivity index (χ4v) is 4.04. The van der Waals surface area contributed by atoms with Gasteiger partial charge in [0.2, 0.25) is 0 Å². The number of nitrogens with zero attached hydrogens (tertiary/aromatic N) is 3. The van der Waals surface area contributed by atoms with Crippen LogP contribution in [-0.4, -0.2) is 29.0 Å². The second kappa shape index (κ2) is 8.76. The summed E-state index contributed by atoms with van der Waals surface area (Å²) in [7, 11) is 0. The van der Waals surface area contributed by atoms with Crippen LogP contribution in [-0.2, 0) is 18.4 Å². The Hall–Kier alpha value is -1.47. The summed E-state index contributed by atoms with van der Waals surface area (Å²) in [6.45, 7) is 15.1. The molecule has 0 atom stereocenters. The van der Waals surface area contributed by atoms with E-state index in [0.29, 0.717) is 6.54 Å². The van der Waals surface area contributed by atoms with Crippen molar-refractivity contribution in [1.82, 2.24) is 20.6 Å². The summed E-state index contributed by atoms with van der Waals surface area (Å²) in [5, 5.41) is 11.1. The van der Waals surface area contributed by atoms with Crippen molar-refractivity contribution < 1.29 is 0 Å². The molecule has 2 aromatic heterocycles. The van der Waals surface area contributed by atoms with Gasteiger partial charge in [0.1, 0.15) is 5.01 Å². The molecular weight excluding hydrogens is 350 g/mol. The van der Waals surface area contributed by atoms with E-state index in [1.807, 2.05) is 6.92 Å². The molecule has 2 aromatic rings. The highest BCUT2D eigenvalue weighted by Gasteiger charge is 2.17. The fraction of sp³-hybridized carbons (Fsp3) is 0.611. The molecular formula is C18H29N5S2. The van der Waals surface area contributed by atoms with Gasteiger partial charge in [-0.25, -0.2) is 15.0 Å². The van der Waals surface area contributed by atoms with Crippen molar-refractivity contribution in [1.29, 1.82) is 0 Å². The Labute approximate surface area is 159 Å². The zero-order valence-electron chi connectivity index (χ0n) is 16.1. The monoisotopic (exact) mass is 379 g/mol. The number of hydrogen-bond acceptors (Lipinski definition) is 5. The Balaban J connectivity index is 1.88. The number of hydrogen-bond donors (Lipinski definition) is 2. The highest BCUT2D eigenvalue weighted by atomic mass is 32.1. The molecule has 0 aromatic carbocycles. The normalized spacial score (nSPS) is 12.5. The van der Waals surface area contributed by atoms with Crippen molar-refractivity contribution in [2.45, 2.75) is 59.9 Å². The summed E-state index contributed by atoms with van der Waals surface area (Å²) < 4.78 is 0. The Bertz CT molecular complexity index is 690. The van der Waals surface area contributed by atoms with E-state index in [-0.39, 0.29) is 5.41 Å². The minimum absolute atomic E-state index is 0.114. The summed E-state index contributed by atoms with van der Waals surface area (Å²) in [4.78, 5) is 15.2. The first-order chi connectivity index (χ1) is 11.8. The maximum atomic E-state index is 4.74. The number of guanidine groups is 1. The summed E-state index contributed by atoms with van der Waals surface area (Å²) in [5.74, 6) is 0.834. The smallest absolute Gasteiger partial charge is 0.191 e. The van der Waals surface area contributed by atoms with Crippen LogP contribution in [0.2, 0.25) is 0 Å². The SMILES string of the molecule is CCNC(=NCc1nc(C)c(C)s1)NCCc1nc(C(C)(C)C)cs1. The molecule has 2 heterocycles. The van der Waals surface area contributed by atoms with Crippen molar-refractivity contribution in [2.24, 2.45) is 4.99 Å². The molecule has 2 N–H and O–H groups in total. The maximum absolute atomic E-state index is 4.74. The van der Waals surface area contributed by atoms with Gasteiger partial charge >= 0.3 is 0 Å². The van der Waals surface area contributed by atoms with Crippen LogP contribution in [0.15, 0.2) is 10.4 Å². The first-order valence-corrected chi connectivity index (χ1v) is 10.4. The number of rotatable bonds is 6. The lowest BCUT2D eigenvalue weighted by Gasteiger charge is -2.14. The highest BCUT2D eigenvalue weighted by Crippen LogP contribution is 2.23. The Kier molecular flexibility index (Phi) is 6.95. The fourth-order valence-electron chi connectivity index (χ4n) is 2.15. The van der Waals surface area contributed by atoms with Gasteiger partial charge in [0.05, 0.1) is 22.9 Å². The first kappa shape index (κ1) is 19.8. The zero-order chi connectivity index (χ0) is 18.4. The summed E-state index contributed by atoms with van der Waals surface area (Å²) in [6, 6.07) is 0. The van der Waals surface area contributed by atoms with Crippen molar-refractivity contribution in [3.63, 3.8) is 0 Å². The molecule has 0 unspecified atom stereocenters. The zero-order valence-corrected chi connectivity index (χ0v) is 17.7.